The van der Waals surface area contributed by atoms with Crippen LogP contribution in [0.4, 0.5) is 5.82 Å². The molecule has 0 aliphatic carbocycles. The number of carbonyl (C=O) groups excluding carboxylic acids is 1. The van der Waals surface area contributed by atoms with E-state index < -0.39 is 0 Å². The zero-order chi connectivity index (χ0) is 16.2. The van der Waals surface area contributed by atoms with Gasteiger partial charge >= 0.3 is 0 Å². The number of fused-ring (bicyclic) bond motifs is 1. The highest BCUT2D eigenvalue weighted by molar-refractivity contribution is 5.98. The number of para-hydroxylation sites is 1. The lowest BCUT2D eigenvalue weighted by Gasteiger charge is -2.25. The van der Waals surface area contributed by atoms with E-state index in [-0.39, 0.29) is 11.8 Å². The Hall–Kier alpha value is -2.56. The molecular weight excluding hydrogens is 290 g/mol. The molecule has 1 atom stereocenters. The molecule has 5 heteroatoms. The van der Waals surface area contributed by atoms with Crippen molar-refractivity contribution >= 4 is 11.7 Å². The summed E-state index contributed by atoms with van der Waals surface area (Å²) in [5.41, 5.74) is 1.79. The number of pyridine rings is 1. The Bertz CT molecular complexity index is 700. The number of anilines is 1. The summed E-state index contributed by atoms with van der Waals surface area (Å²) in [6.07, 6.45) is 2.61. The second kappa shape index (κ2) is 6.69. The molecule has 120 valence electrons. The van der Waals surface area contributed by atoms with Crippen molar-refractivity contribution in [3.8, 4) is 5.75 Å². The van der Waals surface area contributed by atoms with E-state index in [2.05, 4.69) is 16.4 Å². The Labute approximate surface area is 136 Å². The van der Waals surface area contributed by atoms with Crippen LogP contribution in [0.3, 0.4) is 0 Å². The van der Waals surface area contributed by atoms with Crippen molar-refractivity contribution in [3.63, 3.8) is 0 Å². The van der Waals surface area contributed by atoms with Gasteiger partial charge in [0.25, 0.3) is 5.91 Å². The van der Waals surface area contributed by atoms with Crippen LogP contribution in [0.5, 0.6) is 5.75 Å². The molecule has 2 heterocycles. The molecule has 1 unspecified atom stereocenters. The number of carbonyl (C=O) groups is 1. The molecule has 1 aliphatic heterocycles. The van der Waals surface area contributed by atoms with Gasteiger partial charge in [0.2, 0.25) is 0 Å². The normalized spacial score (nSPS) is 16.2. The largest absolute Gasteiger partial charge is 0.493 e. The molecule has 0 spiro atoms. The van der Waals surface area contributed by atoms with Gasteiger partial charge in [-0.1, -0.05) is 18.2 Å². The van der Waals surface area contributed by atoms with Crippen molar-refractivity contribution in [2.75, 3.05) is 32.1 Å². The quantitative estimate of drug-likeness (QED) is 0.940. The van der Waals surface area contributed by atoms with Crippen LogP contribution in [0.1, 0.15) is 15.9 Å². The average Bonchev–Trinajstić information content (AvgIpc) is 2.59. The van der Waals surface area contributed by atoms with Crippen LogP contribution in [0.15, 0.2) is 42.6 Å². The fourth-order valence-corrected chi connectivity index (χ4v) is 2.78. The number of rotatable bonds is 4. The van der Waals surface area contributed by atoms with Gasteiger partial charge in [0.05, 0.1) is 12.2 Å². The zero-order valence-corrected chi connectivity index (χ0v) is 13.5. The SMILES string of the molecule is CN(C)c1ncccc1C(=O)NCC1COc2ccccc2C1. The van der Waals surface area contributed by atoms with E-state index in [0.29, 0.717) is 24.5 Å². The van der Waals surface area contributed by atoms with Crippen LogP contribution in [0.2, 0.25) is 0 Å². The molecule has 1 aromatic heterocycles. The summed E-state index contributed by atoms with van der Waals surface area (Å²) in [5.74, 6) is 1.82. The number of nitrogens with zero attached hydrogens (tertiary/aromatic N) is 2. The third-order valence-electron chi connectivity index (χ3n) is 3.96. The van der Waals surface area contributed by atoms with Crippen molar-refractivity contribution in [3.05, 3.63) is 53.7 Å². The van der Waals surface area contributed by atoms with Gasteiger partial charge in [0, 0.05) is 32.8 Å². The molecule has 1 amide bonds. The fourth-order valence-electron chi connectivity index (χ4n) is 2.78. The Balaban J connectivity index is 1.62. The van der Waals surface area contributed by atoms with Gasteiger partial charge in [0.15, 0.2) is 0 Å². The number of nitrogens with one attached hydrogen (secondary N) is 1. The van der Waals surface area contributed by atoms with E-state index in [1.165, 1.54) is 5.56 Å². The summed E-state index contributed by atoms with van der Waals surface area (Å²) in [5, 5.41) is 3.01. The predicted molar refractivity (Wildman–Crippen MR) is 90.0 cm³/mol. The van der Waals surface area contributed by atoms with E-state index in [0.717, 1.165) is 12.2 Å². The van der Waals surface area contributed by atoms with Gasteiger partial charge in [-0.25, -0.2) is 4.98 Å². The zero-order valence-electron chi connectivity index (χ0n) is 13.5. The van der Waals surface area contributed by atoms with E-state index in [9.17, 15) is 4.79 Å². The van der Waals surface area contributed by atoms with Crippen LogP contribution >= 0.6 is 0 Å². The Morgan fingerprint density at radius 1 is 1.30 bits per heavy atom. The van der Waals surface area contributed by atoms with Crippen LogP contribution in [-0.4, -0.2) is 38.1 Å². The van der Waals surface area contributed by atoms with Crippen molar-refractivity contribution in [2.24, 2.45) is 5.92 Å². The van der Waals surface area contributed by atoms with Gasteiger partial charge in [0.1, 0.15) is 11.6 Å². The number of benzene rings is 1. The molecule has 23 heavy (non-hydrogen) atoms. The van der Waals surface area contributed by atoms with E-state index in [4.69, 9.17) is 4.74 Å². The van der Waals surface area contributed by atoms with Gasteiger partial charge < -0.3 is 15.0 Å². The molecule has 1 aliphatic rings. The molecule has 0 fully saturated rings. The lowest BCUT2D eigenvalue weighted by Crippen LogP contribution is -2.35. The Kier molecular flexibility index (Phi) is 4.46. The standard InChI is InChI=1S/C18H21N3O2/c1-21(2)17-15(7-5-9-19-17)18(22)20-11-13-10-14-6-3-4-8-16(14)23-12-13/h3-9,13H,10-12H2,1-2H3,(H,20,22). The number of ether oxygens (including phenoxy) is 1. The van der Waals surface area contributed by atoms with E-state index >= 15 is 0 Å². The molecule has 2 aromatic rings. The van der Waals surface area contributed by atoms with Crippen molar-refractivity contribution in [1.29, 1.82) is 0 Å². The molecule has 1 N–H and O–H groups in total. The van der Waals surface area contributed by atoms with E-state index in [1.807, 2.05) is 37.2 Å². The number of hydrogen-bond donors (Lipinski definition) is 1. The minimum Gasteiger partial charge on any atom is -0.493 e. The van der Waals surface area contributed by atoms with Crippen molar-refractivity contribution in [1.82, 2.24) is 10.3 Å². The molecular formula is C18H21N3O2. The van der Waals surface area contributed by atoms with Gasteiger partial charge in [-0.2, -0.15) is 0 Å². The minimum absolute atomic E-state index is 0.0966. The maximum atomic E-state index is 12.4. The lowest BCUT2D eigenvalue weighted by atomic mass is 9.96. The molecule has 1 aromatic carbocycles. The third-order valence-corrected chi connectivity index (χ3v) is 3.96. The van der Waals surface area contributed by atoms with Crippen LogP contribution in [-0.2, 0) is 6.42 Å². The Morgan fingerprint density at radius 2 is 2.13 bits per heavy atom. The first kappa shape index (κ1) is 15.3. The first-order valence-electron chi connectivity index (χ1n) is 7.76. The summed E-state index contributed by atoms with van der Waals surface area (Å²) < 4.78 is 5.76. The second-order valence-corrected chi connectivity index (χ2v) is 5.97. The third kappa shape index (κ3) is 3.44. The molecule has 0 bridgehead atoms. The highest BCUT2D eigenvalue weighted by Gasteiger charge is 2.21. The Morgan fingerprint density at radius 3 is 2.96 bits per heavy atom. The first-order valence-corrected chi connectivity index (χ1v) is 7.76. The van der Waals surface area contributed by atoms with Crippen molar-refractivity contribution < 1.29 is 9.53 Å². The summed E-state index contributed by atoms with van der Waals surface area (Å²) in [6.45, 7) is 1.22. The number of aromatic nitrogens is 1. The summed E-state index contributed by atoms with van der Waals surface area (Å²) in [4.78, 5) is 18.5. The predicted octanol–water partition coefficient (Wildman–Crippen LogP) is 2.13. The average molecular weight is 311 g/mol. The first-order chi connectivity index (χ1) is 11.1. The molecule has 0 saturated heterocycles. The highest BCUT2D eigenvalue weighted by atomic mass is 16.5. The lowest BCUT2D eigenvalue weighted by molar-refractivity contribution is 0.0939. The van der Waals surface area contributed by atoms with Gasteiger partial charge in [-0.05, 0) is 30.2 Å². The molecule has 0 radical (unpaired) electrons. The summed E-state index contributed by atoms with van der Waals surface area (Å²) in [6, 6.07) is 11.6. The topological polar surface area (TPSA) is 54.5 Å². The molecule has 3 rings (SSSR count). The van der Waals surface area contributed by atoms with Crippen molar-refractivity contribution in [2.45, 2.75) is 6.42 Å². The number of hydrogen-bond acceptors (Lipinski definition) is 4. The highest BCUT2D eigenvalue weighted by Crippen LogP contribution is 2.26. The molecule has 5 nitrogen and oxygen atoms in total. The summed E-state index contributed by atoms with van der Waals surface area (Å²) >= 11 is 0. The van der Waals surface area contributed by atoms with Crippen LogP contribution < -0.4 is 15.0 Å². The number of amides is 1. The monoisotopic (exact) mass is 311 g/mol. The minimum atomic E-state index is -0.0966. The van der Waals surface area contributed by atoms with Crippen LogP contribution in [0.25, 0.3) is 0 Å². The van der Waals surface area contributed by atoms with Gasteiger partial charge in [-0.3, -0.25) is 4.79 Å². The fraction of sp³-hybridized carbons (Fsp3) is 0.333. The van der Waals surface area contributed by atoms with Gasteiger partial charge in [-0.15, -0.1) is 0 Å². The maximum absolute atomic E-state index is 12.4. The van der Waals surface area contributed by atoms with Crippen LogP contribution in [0, 0.1) is 5.92 Å². The maximum Gasteiger partial charge on any atom is 0.255 e. The van der Waals surface area contributed by atoms with E-state index in [1.54, 1.807) is 18.3 Å². The smallest absolute Gasteiger partial charge is 0.255 e. The summed E-state index contributed by atoms with van der Waals surface area (Å²) in [7, 11) is 3.76. The second-order valence-electron chi connectivity index (χ2n) is 5.97. The molecule has 0 saturated carbocycles.